The summed E-state index contributed by atoms with van der Waals surface area (Å²) in [6, 6.07) is 17.7. The number of hydrogen-bond acceptors (Lipinski definition) is 3. The predicted molar refractivity (Wildman–Crippen MR) is 123 cm³/mol. The summed E-state index contributed by atoms with van der Waals surface area (Å²) in [7, 11) is 0. The molecule has 0 N–H and O–H groups in total. The molecule has 2 aromatic rings. The molecule has 2 fully saturated rings. The molecular weight excluding hydrogens is 380 g/mol. The maximum Gasteiger partial charge on any atom is 0.133 e. The summed E-state index contributed by atoms with van der Waals surface area (Å²) in [6.07, 6.45) is 8.64. The number of carbonyl (C=O) groups excluding carboxylic acids is 1. The van der Waals surface area contributed by atoms with Gasteiger partial charge in [-0.3, -0.25) is 4.79 Å². The Morgan fingerprint density at radius 2 is 1.00 bits per heavy atom. The highest BCUT2D eigenvalue weighted by molar-refractivity contribution is 7.99. The van der Waals surface area contributed by atoms with E-state index in [0.29, 0.717) is 18.6 Å². The van der Waals surface area contributed by atoms with E-state index in [-0.39, 0.29) is 0 Å². The minimum Gasteiger partial charge on any atom is -0.300 e. The van der Waals surface area contributed by atoms with E-state index in [1.165, 1.54) is 47.9 Å². The monoisotopic (exact) mass is 410 g/mol. The van der Waals surface area contributed by atoms with Gasteiger partial charge in [-0.2, -0.15) is 23.5 Å². The fourth-order valence-electron chi connectivity index (χ4n) is 3.19. The molecule has 2 aliphatic carbocycles. The zero-order valence-electron chi connectivity index (χ0n) is 16.6. The Bertz CT molecular complexity index is 693. The molecule has 0 spiro atoms. The highest BCUT2D eigenvalue weighted by atomic mass is 32.2. The van der Waals surface area contributed by atoms with E-state index in [9.17, 15) is 4.79 Å². The summed E-state index contributed by atoms with van der Waals surface area (Å²) in [6.45, 7) is 0. The Labute approximate surface area is 178 Å². The summed E-state index contributed by atoms with van der Waals surface area (Å²) in [4.78, 5) is 12.3. The smallest absolute Gasteiger partial charge is 0.133 e. The molecule has 0 radical (unpaired) electrons. The third-order valence-corrected chi connectivity index (χ3v) is 8.34. The van der Waals surface area contributed by atoms with Crippen LogP contribution < -0.4 is 0 Å². The van der Waals surface area contributed by atoms with Gasteiger partial charge in [-0.15, -0.1) is 0 Å². The standard InChI is InChI=1S/C25H30OS2/c26-23(11-9-19-1-5-21(6-2-19)17-27-24-13-14-24)12-10-20-3-7-22(8-4-20)18-28-25-15-16-25/h1-8,24-25H,9-18H2. The van der Waals surface area contributed by atoms with Crippen LogP contribution in [0.15, 0.2) is 48.5 Å². The van der Waals surface area contributed by atoms with Crippen LogP contribution in [0.2, 0.25) is 0 Å². The van der Waals surface area contributed by atoms with Crippen LogP contribution in [-0.4, -0.2) is 16.3 Å². The molecule has 4 rings (SSSR count). The summed E-state index contributed by atoms with van der Waals surface area (Å²) in [5.74, 6) is 2.63. The number of ketones is 1. The van der Waals surface area contributed by atoms with E-state index in [2.05, 4.69) is 72.1 Å². The zero-order chi connectivity index (χ0) is 19.2. The number of benzene rings is 2. The van der Waals surface area contributed by atoms with Crippen molar-refractivity contribution in [2.24, 2.45) is 0 Å². The van der Waals surface area contributed by atoms with Gasteiger partial charge in [-0.25, -0.2) is 0 Å². The number of Topliss-reactive ketones (excluding diaryl/α,β-unsaturated/α-hetero) is 1. The highest BCUT2D eigenvalue weighted by Crippen LogP contribution is 2.36. The van der Waals surface area contributed by atoms with Crippen molar-refractivity contribution >= 4 is 29.3 Å². The average molecular weight is 411 g/mol. The topological polar surface area (TPSA) is 17.1 Å². The summed E-state index contributed by atoms with van der Waals surface area (Å²) >= 11 is 4.15. The molecular formula is C25H30OS2. The molecule has 0 atom stereocenters. The Balaban J connectivity index is 1.13. The van der Waals surface area contributed by atoms with Crippen molar-refractivity contribution in [3.8, 4) is 0 Å². The molecule has 28 heavy (non-hydrogen) atoms. The van der Waals surface area contributed by atoms with E-state index in [4.69, 9.17) is 0 Å². The van der Waals surface area contributed by atoms with Gasteiger partial charge in [0.2, 0.25) is 0 Å². The summed E-state index contributed by atoms with van der Waals surface area (Å²) in [5, 5.41) is 1.82. The highest BCUT2D eigenvalue weighted by Gasteiger charge is 2.21. The van der Waals surface area contributed by atoms with Crippen molar-refractivity contribution in [2.75, 3.05) is 0 Å². The average Bonchev–Trinajstić information content (AvgIpc) is 3.64. The van der Waals surface area contributed by atoms with Gasteiger partial charge in [0.15, 0.2) is 0 Å². The van der Waals surface area contributed by atoms with Crippen molar-refractivity contribution in [1.82, 2.24) is 0 Å². The molecule has 2 aromatic carbocycles. The van der Waals surface area contributed by atoms with Crippen molar-refractivity contribution < 1.29 is 4.79 Å². The molecule has 0 saturated heterocycles. The molecule has 0 bridgehead atoms. The Hall–Kier alpha value is -1.19. The zero-order valence-corrected chi connectivity index (χ0v) is 18.2. The van der Waals surface area contributed by atoms with Crippen molar-refractivity contribution in [1.29, 1.82) is 0 Å². The third-order valence-electron chi connectivity index (χ3n) is 5.45. The minimum absolute atomic E-state index is 0.377. The minimum atomic E-state index is 0.377. The number of rotatable bonds is 12. The Morgan fingerprint density at radius 3 is 1.36 bits per heavy atom. The maximum atomic E-state index is 12.3. The Morgan fingerprint density at radius 1 is 0.643 bits per heavy atom. The number of aryl methyl sites for hydroxylation is 2. The van der Waals surface area contributed by atoms with E-state index in [1.54, 1.807) is 0 Å². The van der Waals surface area contributed by atoms with Gasteiger partial charge < -0.3 is 0 Å². The summed E-state index contributed by atoms with van der Waals surface area (Å²) < 4.78 is 0. The molecule has 0 heterocycles. The van der Waals surface area contributed by atoms with Crippen LogP contribution in [-0.2, 0) is 29.1 Å². The van der Waals surface area contributed by atoms with Gasteiger partial charge in [-0.05, 0) is 60.8 Å². The summed E-state index contributed by atoms with van der Waals surface area (Å²) in [5.41, 5.74) is 5.38. The lowest BCUT2D eigenvalue weighted by Gasteiger charge is -2.06. The van der Waals surface area contributed by atoms with Gasteiger partial charge in [0.05, 0.1) is 0 Å². The fourth-order valence-corrected chi connectivity index (χ4v) is 5.37. The second kappa shape index (κ2) is 10.0. The molecule has 0 aliphatic heterocycles. The lowest BCUT2D eigenvalue weighted by Crippen LogP contribution is -2.02. The van der Waals surface area contributed by atoms with Crippen LogP contribution in [0.3, 0.4) is 0 Å². The molecule has 1 nitrogen and oxygen atoms in total. The van der Waals surface area contributed by atoms with Crippen LogP contribution in [0, 0.1) is 0 Å². The molecule has 2 aliphatic rings. The van der Waals surface area contributed by atoms with Crippen LogP contribution in [0.4, 0.5) is 0 Å². The lowest BCUT2D eigenvalue weighted by molar-refractivity contribution is -0.119. The van der Waals surface area contributed by atoms with E-state index >= 15 is 0 Å². The van der Waals surface area contributed by atoms with Crippen LogP contribution in [0.5, 0.6) is 0 Å². The quantitative estimate of drug-likeness (QED) is 0.392. The van der Waals surface area contributed by atoms with Gasteiger partial charge in [0.25, 0.3) is 0 Å². The fraction of sp³-hybridized carbons (Fsp3) is 0.480. The van der Waals surface area contributed by atoms with Crippen LogP contribution in [0.1, 0.15) is 60.8 Å². The van der Waals surface area contributed by atoms with Gasteiger partial charge in [0.1, 0.15) is 5.78 Å². The van der Waals surface area contributed by atoms with E-state index < -0.39 is 0 Å². The number of hydrogen-bond donors (Lipinski definition) is 0. The first-order chi connectivity index (χ1) is 13.7. The van der Waals surface area contributed by atoms with Crippen molar-refractivity contribution in [3.63, 3.8) is 0 Å². The van der Waals surface area contributed by atoms with Gasteiger partial charge in [0, 0.05) is 34.8 Å². The van der Waals surface area contributed by atoms with Gasteiger partial charge in [-0.1, -0.05) is 48.5 Å². The molecule has 3 heteroatoms. The molecule has 0 unspecified atom stereocenters. The number of thioether (sulfide) groups is 2. The van der Waals surface area contributed by atoms with Gasteiger partial charge >= 0.3 is 0 Å². The lowest BCUT2D eigenvalue weighted by atomic mass is 10.0. The first kappa shape index (κ1) is 20.1. The number of carbonyl (C=O) groups is 1. The third kappa shape index (κ3) is 7.00. The predicted octanol–water partition coefficient (Wildman–Crippen LogP) is 6.61. The first-order valence-electron chi connectivity index (χ1n) is 10.6. The Kier molecular flexibility index (Phi) is 7.20. The van der Waals surface area contributed by atoms with Crippen LogP contribution in [0.25, 0.3) is 0 Å². The van der Waals surface area contributed by atoms with E-state index in [0.717, 1.165) is 34.8 Å². The molecule has 0 aromatic heterocycles. The second-order valence-electron chi connectivity index (χ2n) is 8.19. The first-order valence-corrected chi connectivity index (χ1v) is 12.7. The SMILES string of the molecule is O=C(CCc1ccc(CSC2CC2)cc1)CCc1ccc(CSC2CC2)cc1. The molecule has 148 valence electrons. The van der Waals surface area contributed by atoms with E-state index in [1.807, 2.05) is 0 Å². The second-order valence-corrected chi connectivity index (χ2v) is 10.8. The normalized spacial score (nSPS) is 16.3. The molecule has 0 amide bonds. The van der Waals surface area contributed by atoms with Crippen LogP contribution >= 0.6 is 23.5 Å². The largest absolute Gasteiger partial charge is 0.300 e. The van der Waals surface area contributed by atoms with Crippen molar-refractivity contribution in [3.05, 3.63) is 70.8 Å². The molecule has 2 saturated carbocycles. The van der Waals surface area contributed by atoms with Crippen molar-refractivity contribution in [2.45, 2.75) is 73.4 Å². The maximum absolute atomic E-state index is 12.3.